The van der Waals surface area contributed by atoms with Crippen LogP contribution in [0.1, 0.15) is 50.1 Å². The van der Waals surface area contributed by atoms with Crippen molar-refractivity contribution >= 4 is 17.5 Å². The van der Waals surface area contributed by atoms with Crippen LogP contribution in [0.15, 0.2) is 24.3 Å². The predicted molar refractivity (Wildman–Crippen MR) is 108 cm³/mol. The van der Waals surface area contributed by atoms with Gasteiger partial charge in [-0.3, -0.25) is 14.5 Å². The van der Waals surface area contributed by atoms with Crippen molar-refractivity contribution in [1.29, 1.82) is 0 Å². The number of rotatable bonds is 6. The number of hydrogen-bond acceptors (Lipinski definition) is 4. The molecule has 1 aromatic rings. The number of likely N-dealkylation sites (tertiary alicyclic amines) is 1. The molecule has 2 N–H and O–H groups in total. The molecule has 0 bridgehead atoms. The molecule has 1 saturated heterocycles. The van der Waals surface area contributed by atoms with Crippen LogP contribution in [0.25, 0.3) is 0 Å². The Labute approximate surface area is 162 Å². The van der Waals surface area contributed by atoms with Gasteiger partial charge in [0.1, 0.15) is 0 Å². The molecule has 148 valence electrons. The summed E-state index contributed by atoms with van der Waals surface area (Å²) in [6, 6.07) is 8.73. The minimum Gasteiger partial charge on any atom is -0.378 e. The highest BCUT2D eigenvalue weighted by atomic mass is 16.2. The first kappa shape index (κ1) is 19.7. The third-order valence-corrected chi connectivity index (χ3v) is 5.73. The molecule has 2 fully saturated rings. The van der Waals surface area contributed by atoms with Gasteiger partial charge in [-0.2, -0.15) is 0 Å². The fraction of sp³-hybridized carbons (Fsp3) is 0.619. The molecule has 1 aliphatic carbocycles. The molecule has 1 saturated carbocycles. The van der Waals surface area contributed by atoms with Crippen molar-refractivity contribution in [2.75, 3.05) is 38.6 Å². The quantitative estimate of drug-likeness (QED) is 0.751. The summed E-state index contributed by atoms with van der Waals surface area (Å²) in [4.78, 5) is 28.9. The molecular formula is C21H32N4O2. The zero-order chi connectivity index (χ0) is 19.2. The molecule has 6 heteroatoms. The van der Waals surface area contributed by atoms with Gasteiger partial charge >= 0.3 is 11.8 Å². The highest BCUT2D eigenvalue weighted by Crippen LogP contribution is 2.26. The summed E-state index contributed by atoms with van der Waals surface area (Å²) in [6.07, 6.45) is 6.59. The van der Waals surface area contributed by atoms with Crippen LogP contribution in [0, 0.1) is 0 Å². The van der Waals surface area contributed by atoms with E-state index in [1.807, 2.05) is 14.1 Å². The fourth-order valence-electron chi connectivity index (χ4n) is 4.10. The van der Waals surface area contributed by atoms with Crippen molar-refractivity contribution < 1.29 is 9.59 Å². The molecule has 0 radical (unpaired) electrons. The molecule has 0 aromatic heterocycles. The topological polar surface area (TPSA) is 64.7 Å². The molecular weight excluding hydrogens is 340 g/mol. The van der Waals surface area contributed by atoms with Crippen LogP contribution in [0.2, 0.25) is 0 Å². The molecule has 6 nitrogen and oxygen atoms in total. The van der Waals surface area contributed by atoms with Gasteiger partial charge in [-0.1, -0.05) is 25.0 Å². The summed E-state index contributed by atoms with van der Waals surface area (Å²) in [7, 11) is 4.05. The van der Waals surface area contributed by atoms with E-state index in [0.29, 0.717) is 6.54 Å². The summed E-state index contributed by atoms with van der Waals surface area (Å²) in [5.74, 6) is -1.01. The number of anilines is 1. The maximum Gasteiger partial charge on any atom is 0.309 e. The summed E-state index contributed by atoms with van der Waals surface area (Å²) in [6.45, 7) is 2.52. The van der Waals surface area contributed by atoms with Gasteiger partial charge in [0.15, 0.2) is 0 Å². The van der Waals surface area contributed by atoms with Crippen LogP contribution in [-0.2, 0) is 9.59 Å². The molecule has 0 unspecified atom stereocenters. The lowest BCUT2D eigenvalue weighted by molar-refractivity contribution is -0.139. The first-order chi connectivity index (χ1) is 13.0. The van der Waals surface area contributed by atoms with Gasteiger partial charge in [0.05, 0.1) is 6.04 Å². The van der Waals surface area contributed by atoms with Gasteiger partial charge in [-0.15, -0.1) is 0 Å². The smallest absolute Gasteiger partial charge is 0.309 e. The Morgan fingerprint density at radius 1 is 1.04 bits per heavy atom. The first-order valence-corrected chi connectivity index (χ1v) is 10.1. The van der Waals surface area contributed by atoms with E-state index in [0.717, 1.165) is 44.5 Å². The lowest BCUT2D eigenvalue weighted by Crippen LogP contribution is -2.46. The lowest BCUT2D eigenvalue weighted by atomic mass is 10.0. The molecule has 3 rings (SSSR count). The molecule has 27 heavy (non-hydrogen) atoms. The summed E-state index contributed by atoms with van der Waals surface area (Å²) < 4.78 is 0. The predicted octanol–water partition coefficient (Wildman–Crippen LogP) is 2.06. The van der Waals surface area contributed by atoms with Gasteiger partial charge in [-0.25, -0.2) is 0 Å². The van der Waals surface area contributed by atoms with Gasteiger partial charge in [0.2, 0.25) is 0 Å². The number of nitrogens with one attached hydrogen (secondary N) is 2. The van der Waals surface area contributed by atoms with E-state index in [-0.39, 0.29) is 12.1 Å². The van der Waals surface area contributed by atoms with Crippen molar-refractivity contribution in [3.63, 3.8) is 0 Å². The lowest BCUT2D eigenvalue weighted by Gasteiger charge is -2.28. The second-order valence-electron chi connectivity index (χ2n) is 7.91. The average Bonchev–Trinajstić information content (AvgIpc) is 3.36. The van der Waals surface area contributed by atoms with E-state index in [2.05, 4.69) is 44.7 Å². The Bertz CT molecular complexity index is 632. The summed E-state index contributed by atoms with van der Waals surface area (Å²) >= 11 is 0. The Morgan fingerprint density at radius 3 is 2.26 bits per heavy atom. The SMILES string of the molecule is CN(C)c1ccc([C@H](CNC(=O)C(=O)NC2CCCC2)N2CCCC2)cc1. The van der Waals surface area contributed by atoms with Crippen LogP contribution >= 0.6 is 0 Å². The van der Waals surface area contributed by atoms with Gasteiger partial charge < -0.3 is 15.5 Å². The van der Waals surface area contributed by atoms with E-state index in [1.54, 1.807) is 0 Å². The second kappa shape index (κ2) is 9.22. The van der Waals surface area contributed by atoms with Crippen LogP contribution in [0.5, 0.6) is 0 Å². The van der Waals surface area contributed by atoms with Crippen LogP contribution in [0.4, 0.5) is 5.69 Å². The Balaban J connectivity index is 1.61. The highest BCUT2D eigenvalue weighted by Gasteiger charge is 2.26. The van der Waals surface area contributed by atoms with Gasteiger partial charge in [0, 0.05) is 32.4 Å². The van der Waals surface area contributed by atoms with Crippen molar-refractivity contribution in [3.8, 4) is 0 Å². The van der Waals surface area contributed by atoms with Crippen LogP contribution < -0.4 is 15.5 Å². The molecule has 1 aromatic carbocycles. The largest absolute Gasteiger partial charge is 0.378 e. The minimum absolute atomic E-state index is 0.104. The third-order valence-electron chi connectivity index (χ3n) is 5.73. The number of carbonyl (C=O) groups excluding carboxylic acids is 2. The van der Waals surface area contributed by atoms with Crippen molar-refractivity contribution in [3.05, 3.63) is 29.8 Å². The van der Waals surface area contributed by atoms with Gasteiger partial charge in [-0.05, 0) is 56.5 Å². The van der Waals surface area contributed by atoms with Crippen molar-refractivity contribution in [2.45, 2.75) is 50.6 Å². The number of amides is 2. The number of benzene rings is 1. The van der Waals surface area contributed by atoms with Crippen molar-refractivity contribution in [2.24, 2.45) is 0 Å². The van der Waals surface area contributed by atoms with E-state index in [9.17, 15) is 9.59 Å². The number of carbonyl (C=O) groups is 2. The third kappa shape index (κ3) is 5.22. The maximum absolute atomic E-state index is 12.3. The minimum atomic E-state index is -0.518. The molecule has 2 amide bonds. The van der Waals surface area contributed by atoms with Crippen molar-refractivity contribution in [1.82, 2.24) is 15.5 Å². The summed E-state index contributed by atoms with van der Waals surface area (Å²) in [5, 5.41) is 5.73. The Morgan fingerprint density at radius 2 is 1.67 bits per heavy atom. The zero-order valence-corrected chi connectivity index (χ0v) is 16.5. The van der Waals surface area contributed by atoms with E-state index < -0.39 is 11.8 Å². The first-order valence-electron chi connectivity index (χ1n) is 10.1. The molecule has 0 spiro atoms. The highest BCUT2D eigenvalue weighted by molar-refractivity contribution is 6.35. The average molecular weight is 373 g/mol. The Kier molecular flexibility index (Phi) is 6.72. The van der Waals surface area contributed by atoms with Crippen LogP contribution in [0.3, 0.4) is 0 Å². The standard InChI is InChI=1S/C21H32N4O2/c1-24(2)18-11-9-16(10-12-18)19(25-13-5-6-14-25)15-22-20(26)21(27)23-17-7-3-4-8-17/h9-12,17,19H,3-8,13-15H2,1-2H3,(H,22,26)(H,23,27)/t19-/m0/s1. The monoisotopic (exact) mass is 372 g/mol. The summed E-state index contributed by atoms with van der Waals surface area (Å²) in [5.41, 5.74) is 2.33. The number of hydrogen-bond donors (Lipinski definition) is 2. The fourth-order valence-corrected chi connectivity index (χ4v) is 4.10. The Hall–Kier alpha value is -2.08. The number of nitrogens with zero attached hydrogens (tertiary/aromatic N) is 2. The van der Waals surface area contributed by atoms with E-state index >= 15 is 0 Å². The zero-order valence-electron chi connectivity index (χ0n) is 16.5. The normalized spacial score (nSPS) is 19.0. The molecule has 2 aliphatic rings. The van der Waals surface area contributed by atoms with Crippen LogP contribution in [-0.4, -0.2) is 56.5 Å². The maximum atomic E-state index is 12.3. The molecule has 1 atom stereocenters. The molecule has 1 heterocycles. The second-order valence-corrected chi connectivity index (χ2v) is 7.91. The van der Waals surface area contributed by atoms with E-state index in [4.69, 9.17) is 0 Å². The molecule has 1 aliphatic heterocycles. The van der Waals surface area contributed by atoms with Gasteiger partial charge in [0.25, 0.3) is 0 Å². The van der Waals surface area contributed by atoms with E-state index in [1.165, 1.54) is 18.4 Å².